The highest BCUT2D eigenvalue weighted by Crippen LogP contribution is 2.30. The quantitative estimate of drug-likeness (QED) is 0.509. The SMILES string of the molecule is O=C1CCC(Nc2ccc(N3CCC(O)(CN4CCNCC4)CC3)c(F)c2)C(=O)N1. The zero-order chi connectivity index (χ0) is 21.1. The first-order valence-electron chi connectivity index (χ1n) is 10.7. The van der Waals surface area contributed by atoms with Crippen molar-refractivity contribution in [3.63, 3.8) is 0 Å². The molecule has 3 aliphatic heterocycles. The van der Waals surface area contributed by atoms with Crippen LogP contribution in [0.4, 0.5) is 15.8 Å². The number of nitrogens with one attached hydrogen (secondary N) is 3. The van der Waals surface area contributed by atoms with E-state index in [0.29, 0.717) is 50.3 Å². The van der Waals surface area contributed by atoms with Crippen molar-refractivity contribution in [2.45, 2.75) is 37.3 Å². The Morgan fingerprint density at radius 1 is 1.17 bits per heavy atom. The fraction of sp³-hybridized carbons (Fsp3) is 0.619. The van der Waals surface area contributed by atoms with Crippen LogP contribution in [0, 0.1) is 5.82 Å². The summed E-state index contributed by atoms with van der Waals surface area (Å²) in [6.45, 7) is 5.66. The molecule has 30 heavy (non-hydrogen) atoms. The van der Waals surface area contributed by atoms with Gasteiger partial charge in [0.05, 0.1) is 11.3 Å². The van der Waals surface area contributed by atoms with Crippen molar-refractivity contribution in [3.8, 4) is 0 Å². The first kappa shape index (κ1) is 21.0. The van der Waals surface area contributed by atoms with Gasteiger partial charge in [-0.2, -0.15) is 0 Å². The minimum atomic E-state index is -0.725. The third-order valence-electron chi connectivity index (χ3n) is 6.29. The first-order chi connectivity index (χ1) is 14.4. The van der Waals surface area contributed by atoms with E-state index < -0.39 is 11.6 Å². The lowest BCUT2D eigenvalue weighted by Gasteiger charge is -2.42. The molecule has 8 nitrogen and oxygen atoms in total. The van der Waals surface area contributed by atoms with Gasteiger partial charge in [-0.3, -0.25) is 19.8 Å². The molecule has 1 unspecified atom stereocenters. The molecule has 0 saturated carbocycles. The van der Waals surface area contributed by atoms with Crippen LogP contribution in [0.25, 0.3) is 0 Å². The number of imide groups is 1. The van der Waals surface area contributed by atoms with Gasteiger partial charge in [-0.25, -0.2) is 4.39 Å². The van der Waals surface area contributed by atoms with Gasteiger partial charge in [0.2, 0.25) is 11.8 Å². The van der Waals surface area contributed by atoms with Gasteiger partial charge < -0.3 is 20.6 Å². The van der Waals surface area contributed by atoms with Crippen LogP contribution in [0.5, 0.6) is 0 Å². The molecule has 0 radical (unpaired) electrons. The molecule has 3 heterocycles. The van der Waals surface area contributed by atoms with Crippen molar-refractivity contribution in [1.82, 2.24) is 15.5 Å². The van der Waals surface area contributed by atoms with E-state index in [9.17, 15) is 19.1 Å². The Kier molecular flexibility index (Phi) is 6.21. The van der Waals surface area contributed by atoms with Crippen LogP contribution in [0.15, 0.2) is 18.2 Å². The van der Waals surface area contributed by atoms with Crippen molar-refractivity contribution in [3.05, 3.63) is 24.0 Å². The summed E-state index contributed by atoms with van der Waals surface area (Å²) in [5, 5.41) is 19.6. The summed E-state index contributed by atoms with van der Waals surface area (Å²) in [5.74, 6) is -1.02. The van der Waals surface area contributed by atoms with E-state index in [1.165, 1.54) is 6.07 Å². The topological polar surface area (TPSA) is 96.9 Å². The number of benzene rings is 1. The minimum Gasteiger partial charge on any atom is -0.388 e. The molecule has 2 amide bonds. The van der Waals surface area contributed by atoms with Gasteiger partial charge >= 0.3 is 0 Å². The molecule has 0 spiro atoms. The van der Waals surface area contributed by atoms with E-state index in [2.05, 4.69) is 20.9 Å². The van der Waals surface area contributed by atoms with Gasteiger partial charge in [-0.15, -0.1) is 0 Å². The normalized spacial score (nSPS) is 25.1. The largest absolute Gasteiger partial charge is 0.388 e. The second-order valence-electron chi connectivity index (χ2n) is 8.55. The Labute approximate surface area is 175 Å². The molecular formula is C21H30FN5O3. The van der Waals surface area contributed by atoms with Crippen LogP contribution < -0.4 is 20.9 Å². The van der Waals surface area contributed by atoms with E-state index in [-0.39, 0.29) is 24.1 Å². The highest BCUT2D eigenvalue weighted by atomic mass is 19.1. The van der Waals surface area contributed by atoms with Crippen LogP contribution in [-0.2, 0) is 9.59 Å². The van der Waals surface area contributed by atoms with Gasteiger partial charge in [-0.1, -0.05) is 0 Å². The predicted octanol–water partition coefficient (Wildman–Crippen LogP) is 0.279. The summed E-state index contributed by atoms with van der Waals surface area (Å²) in [4.78, 5) is 27.4. The van der Waals surface area contributed by atoms with Crippen molar-refractivity contribution >= 4 is 23.2 Å². The zero-order valence-electron chi connectivity index (χ0n) is 17.1. The Morgan fingerprint density at radius 2 is 1.90 bits per heavy atom. The van der Waals surface area contributed by atoms with Crippen LogP contribution in [0.1, 0.15) is 25.7 Å². The van der Waals surface area contributed by atoms with Gasteiger partial charge in [-0.05, 0) is 37.5 Å². The van der Waals surface area contributed by atoms with Crippen molar-refractivity contribution in [2.24, 2.45) is 0 Å². The number of hydrogen-bond donors (Lipinski definition) is 4. The van der Waals surface area contributed by atoms with E-state index in [1.807, 2.05) is 4.90 Å². The molecule has 1 aromatic carbocycles. The van der Waals surface area contributed by atoms with Gasteiger partial charge in [0.25, 0.3) is 0 Å². The van der Waals surface area contributed by atoms with Crippen LogP contribution >= 0.6 is 0 Å². The number of carbonyl (C=O) groups excluding carboxylic acids is 2. The van der Waals surface area contributed by atoms with E-state index in [0.717, 1.165) is 26.2 Å². The second-order valence-corrected chi connectivity index (χ2v) is 8.55. The number of nitrogens with zero attached hydrogens (tertiary/aromatic N) is 2. The standard InChI is InChI=1S/C21H30FN5O3/c22-16-13-15(24-17-2-4-19(28)25-20(17)29)1-3-18(16)27-9-5-21(30,6-10-27)14-26-11-7-23-8-12-26/h1,3,13,17,23-24,30H,2,4-12,14H2,(H,25,28,29). The lowest BCUT2D eigenvalue weighted by atomic mass is 9.90. The molecule has 9 heteroatoms. The molecule has 4 rings (SSSR count). The number of piperidine rings is 2. The fourth-order valence-electron chi connectivity index (χ4n) is 4.49. The van der Waals surface area contributed by atoms with E-state index in [4.69, 9.17) is 0 Å². The summed E-state index contributed by atoms with van der Waals surface area (Å²) >= 11 is 0. The highest BCUT2D eigenvalue weighted by Gasteiger charge is 2.35. The number of rotatable bonds is 5. The number of aliphatic hydroxyl groups is 1. The minimum absolute atomic E-state index is 0.272. The maximum absolute atomic E-state index is 14.8. The molecule has 4 N–H and O–H groups in total. The first-order valence-corrected chi connectivity index (χ1v) is 10.7. The highest BCUT2D eigenvalue weighted by molar-refractivity contribution is 6.01. The molecule has 3 saturated heterocycles. The van der Waals surface area contributed by atoms with Gasteiger partial charge in [0.1, 0.15) is 11.9 Å². The molecule has 0 aliphatic carbocycles. The summed E-state index contributed by atoms with van der Waals surface area (Å²) in [7, 11) is 0. The van der Waals surface area contributed by atoms with Crippen molar-refractivity contribution in [2.75, 3.05) is 56.0 Å². The predicted molar refractivity (Wildman–Crippen MR) is 112 cm³/mol. The van der Waals surface area contributed by atoms with Crippen LogP contribution in [-0.4, -0.2) is 79.3 Å². The number of halogens is 1. The molecule has 0 aromatic heterocycles. The third-order valence-corrected chi connectivity index (χ3v) is 6.29. The molecule has 1 aromatic rings. The fourth-order valence-corrected chi connectivity index (χ4v) is 4.49. The van der Waals surface area contributed by atoms with Crippen molar-refractivity contribution < 1.29 is 19.1 Å². The van der Waals surface area contributed by atoms with Crippen LogP contribution in [0.2, 0.25) is 0 Å². The smallest absolute Gasteiger partial charge is 0.249 e. The lowest BCUT2D eigenvalue weighted by molar-refractivity contribution is -0.133. The van der Waals surface area contributed by atoms with Gasteiger partial charge in [0, 0.05) is 57.9 Å². The Morgan fingerprint density at radius 3 is 2.57 bits per heavy atom. The molecular weight excluding hydrogens is 389 g/mol. The Bertz CT molecular complexity index is 791. The second kappa shape index (κ2) is 8.87. The molecule has 3 fully saturated rings. The maximum Gasteiger partial charge on any atom is 0.249 e. The summed E-state index contributed by atoms with van der Waals surface area (Å²) < 4.78 is 14.8. The van der Waals surface area contributed by atoms with Gasteiger partial charge in [0.15, 0.2) is 0 Å². The lowest BCUT2D eigenvalue weighted by Crippen LogP contribution is -2.54. The number of piperazine rings is 1. The summed E-state index contributed by atoms with van der Waals surface area (Å²) in [6, 6.07) is 4.32. The number of amides is 2. The Hall–Kier alpha value is -2.23. The number of β-amino-alcohol motifs (C(OH)–C–C–N with tert-alkyl or cyclic N) is 1. The zero-order valence-corrected chi connectivity index (χ0v) is 17.1. The molecule has 1 atom stereocenters. The molecule has 3 aliphatic rings. The number of hydrogen-bond acceptors (Lipinski definition) is 7. The summed E-state index contributed by atoms with van der Waals surface area (Å²) in [6.07, 6.45) is 1.87. The summed E-state index contributed by atoms with van der Waals surface area (Å²) in [5.41, 5.74) is 0.295. The van der Waals surface area contributed by atoms with E-state index in [1.54, 1.807) is 12.1 Å². The monoisotopic (exact) mass is 419 g/mol. The molecule has 164 valence electrons. The number of anilines is 2. The van der Waals surface area contributed by atoms with E-state index >= 15 is 0 Å². The average Bonchev–Trinajstić information content (AvgIpc) is 2.72. The van der Waals surface area contributed by atoms with Crippen LogP contribution in [0.3, 0.4) is 0 Å². The van der Waals surface area contributed by atoms with Crippen molar-refractivity contribution in [1.29, 1.82) is 0 Å². The third kappa shape index (κ3) is 4.91. The molecule has 0 bridgehead atoms. The Balaban J connectivity index is 1.33. The number of carbonyl (C=O) groups is 2. The average molecular weight is 420 g/mol. The maximum atomic E-state index is 14.8.